The number of hydrogen-bond donors (Lipinski definition) is 3. The van der Waals surface area contributed by atoms with Crippen molar-refractivity contribution in [1.29, 1.82) is 0 Å². The fourth-order valence-electron chi connectivity index (χ4n) is 2.12. The molecule has 2 aromatic heterocycles. The lowest BCUT2D eigenvalue weighted by molar-refractivity contribution is -0.127. The van der Waals surface area contributed by atoms with Crippen molar-refractivity contribution in [2.24, 2.45) is 5.41 Å². The van der Waals surface area contributed by atoms with Crippen LogP contribution in [0.4, 0.5) is 5.82 Å². The molecule has 6 nitrogen and oxygen atoms in total. The van der Waals surface area contributed by atoms with Crippen molar-refractivity contribution in [3.8, 4) is 0 Å². The Hall–Kier alpha value is -1.79. The Morgan fingerprint density at radius 1 is 1.43 bits per heavy atom. The van der Waals surface area contributed by atoms with E-state index in [0.29, 0.717) is 16.6 Å². The maximum absolute atomic E-state index is 11.2. The lowest BCUT2D eigenvalue weighted by atomic mass is 9.90. The zero-order valence-electron chi connectivity index (χ0n) is 12.3. The number of hydroxylamine groups is 1. The number of pyridine rings is 1. The molecule has 0 radical (unpaired) electrons. The molecular weight excluding hydrogens is 292 g/mol. The molecule has 0 aliphatic carbocycles. The topological polar surface area (TPSA) is 78.7 Å². The number of carbonyl (C=O) groups excluding carboxylic acids is 1. The van der Waals surface area contributed by atoms with Gasteiger partial charge in [-0.15, -0.1) is 0 Å². The van der Waals surface area contributed by atoms with Crippen LogP contribution in [-0.4, -0.2) is 27.0 Å². The highest BCUT2D eigenvalue weighted by Gasteiger charge is 2.20. The zero-order chi connectivity index (χ0) is 15.6. The first kappa shape index (κ1) is 15.6. The number of fused-ring (bicyclic) bond motifs is 1. The van der Waals surface area contributed by atoms with Gasteiger partial charge in [0.25, 0.3) is 5.91 Å². The molecular formula is C14H19ClN4O2. The standard InChI is InChI=1S/C14H19ClN4O2/c1-14(2,3)7-9-13(16-8-12(20)18-21)17-11-6-4-5-10(15)19(9)11/h4-6,16,21H,7-8H2,1-3H3,(H,18,20). The Morgan fingerprint density at radius 2 is 2.14 bits per heavy atom. The Bertz CT molecular complexity index is 661. The lowest BCUT2D eigenvalue weighted by Gasteiger charge is -2.19. The monoisotopic (exact) mass is 310 g/mol. The molecule has 0 saturated carbocycles. The third-order valence-electron chi connectivity index (χ3n) is 2.93. The van der Waals surface area contributed by atoms with Gasteiger partial charge in [0.1, 0.15) is 16.6 Å². The van der Waals surface area contributed by atoms with Crippen LogP contribution in [0.3, 0.4) is 0 Å². The summed E-state index contributed by atoms with van der Waals surface area (Å²) < 4.78 is 1.87. The average Bonchev–Trinajstić information content (AvgIpc) is 2.73. The first-order valence-corrected chi connectivity index (χ1v) is 7.02. The van der Waals surface area contributed by atoms with E-state index in [0.717, 1.165) is 12.1 Å². The number of imidazole rings is 1. The number of halogens is 1. The molecule has 0 aliphatic heterocycles. The van der Waals surface area contributed by atoms with E-state index in [-0.39, 0.29) is 12.0 Å². The van der Waals surface area contributed by atoms with E-state index in [9.17, 15) is 4.79 Å². The van der Waals surface area contributed by atoms with Crippen LogP contribution < -0.4 is 10.8 Å². The second kappa shape index (κ2) is 5.91. The summed E-state index contributed by atoms with van der Waals surface area (Å²) in [5.74, 6) is 0.0708. The van der Waals surface area contributed by atoms with Gasteiger partial charge in [-0.2, -0.15) is 0 Å². The van der Waals surface area contributed by atoms with Crippen LogP contribution in [0.25, 0.3) is 5.65 Å². The average molecular weight is 311 g/mol. The minimum Gasteiger partial charge on any atom is -0.359 e. The van der Waals surface area contributed by atoms with Crippen molar-refractivity contribution in [3.05, 3.63) is 29.0 Å². The van der Waals surface area contributed by atoms with Crippen molar-refractivity contribution >= 4 is 29.0 Å². The summed E-state index contributed by atoms with van der Waals surface area (Å²) in [7, 11) is 0. The zero-order valence-corrected chi connectivity index (χ0v) is 13.0. The summed E-state index contributed by atoms with van der Waals surface area (Å²) >= 11 is 6.27. The van der Waals surface area contributed by atoms with Crippen LogP contribution in [0.1, 0.15) is 26.5 Å². The molecule has 0 atom stereocenters. The van der Waals surface area contributed by atoms with Crippen LogP contribution in [0, 0.1) is 5.41 Å². The van der Waals surface area contributed by atoms with Crippen molar-refractivity contribution in [2.75, 3.05) is 11.9 Å². The van der Waals surface area contributed by atoms with E-state index >= 15 is 0 Å². The fourth-order valence-corrected chi connectivity index (χ4v) is 2.38. The number of amides is 1. The Kier molecular flexibility index (Phi) is 4.39. The highest BCUT2D eigenvalue weighted by atomic mass is 35.5. The first-order valence-electron chi connectivity index (χ1n) is 6.64. The third-order valence-corrected chi connectivity index (χ3v) is 3.23. The van der Waals surface area contributed by atoms with E-state index in [4.69, 9.17) is 16.8 Å². The van der Waals surface area contributed by atoms with Gasteiger partial charge >= 0.3 is 0 Å². The fraction of sp³-hybridized carbons (Fsp3) is 0.429. The number of nitrogens with zero attached hydrogens (tertiary/aromatic N) is 2. The third kappa shape index (κ3) is 3.65. The Morgan fingerprint density at radius 3 is 2.76 bits per heavy atom. The summed E-state index contributed by atoms with van der Waals surface area (Å²) in [6.45, 7) is 6.30. The molecule has 2 heterocycles. The van der Waals surface area contributed by atoms with Gasteiger partial charge in [-0.05, 0) is 24.0 Å². The van der Waals surface area contributed by atoms with Crippen LogP contribution in [0.5, 0.6) is 0 Å². The molecule has 2 aromatic rings. The lowest BCUT2D eigenvalue weighted by Crippen LogP contribution is -2.27. The molecule has 2 rings (SSSR count). The number of hydrogen-bond acceptors (Lipinski definition) is 4. The molecule has 114 valence electrons. The van der Waals surface area contributed by atoms with E-state index in [2.05, 4.69) is 31.1 Å². The quantitative estimate of drug-likeness (QED) is 0.460. The molecule has 1 amide bonds. The minimum absolute atomic E-state index is 0.0325. The maximum Gasteiger partial charge on any atom is 0.262 e. The van der Waals surface area contributed by atoms with Crippen molar-refractivity contribution in [1.82, 2.24) is 14.9 Å². The van der Waals surface area contributed by atoms with Crippen LogP contribution >= 0.6 is 11.6 Å². The van der Waals surface area contributed by atoms with E-state index in [1.165, 1.54) is 0 Å². The van der Waals surface area contributed by atoms with Crippen molar-refractivity contribution in [2.45, 2.75) is 27.2 Å². The largest absolute Gasteiger partial charge is 0.359 e. The number of aromatic nitrogens is 2. The molecule has 0 unspecified atom stereocenters. The molecule has 0 aliphatic rings. The van der Waals surface area contributed by atoms with E-state index < -0.39 is 5.91 Å². The van der Waals surface area contributed by atoms with Crippen LogP contribution in [-0.2, 0) is 11.2 Å². The minimum atomic E-state index is -0.528. The van der Waals surface area contributed by atoms with Gasteiger partial charge in [0.05, 0.1) is 12.2 Å². The molecule has 0 fully saturated rings. The van der Waals surface area contributed by atoms with Gasteiger partial charge in [-0.3, -0.25) is 14.4 Å². The van der Waals surface area contributed by atoms with Crippen molar-refractivity contribution < 1.29 is 10.0 Å². The summed E-state index contributed by atoms with van der Waals surface area (Å²) in [5.41, 5.74) is 3.25. The summed E-state index contributed by atoms with van der Waals surface area (Å²) in [6, 6.07) is 5.48. The molecule has 3 N–H and O–H groups in total. The number of rotatable bonds is 4. The second-order valence-corrected chi connectivity index (χ2v) is 6.46. The van der Waals surface area contributed by atoms with Gasteiger partial charge in [0.2, 0.25) is 0 Å². The smallest absolute Gasteiger partial charge is 0.262 e. The van der Waals surface area contributed by atoms with Crippen molar-refractivity contribution in [3.63, 3.8) is 0 Å². The maximum atomic E-state index is 11.2. The predicted octanol–water partition coefficient (Wildman–Crippen LogP) is 2.49. The van der Waals surface area contributed by atoms with E-state index in [1.54, 1.807) is 11.5 Å². The normalized spacial score (nSPS) is 11.7. The number of anilines is 1. The molecule has 0 aromatic carbocycles. The highest BCUT2D eigenvalue weighted by Crippen LogP contribution is 2.29. The number of nitrogens with one attached hydrogen (secondary N) is 2. The predicted molar refractivity (Wildman–Crippen MR) is 81.8 cm³/mol. The van der Waals surface area contributed by atoms with Gasteiger partial charge in [-0.25, -0.2) is 10.5 Å². The summed E-state index contributed by atoms with van der Waals surface area (Å²) in [5, 5.41) is 12.1. The molecule has 7 heteroatoms. The summed E-state index contributed by atoms with van der Waals surface area (Å²) in [4.78, 5) is 15.6. The molecule has 0 saturated heterocycles. The van der Waals surface area contributed by atoms with Gasteiger partial charge < -0.3 is 5.32 Å². The molecule has 0 bridgehead atoms. The molecule has 0 spiro atoms. The molecule has 21 heavy (non-hydrogen) atoms. The van der Waals surface area contributed by atoms with Gasteiger partial charge in [-0.1, -0.05) is 38.4 Å². The second-order valence-electron chi connectivity index (χ2n) is 6.08. The van der Waals surface area contributed by atoms with Gasteiger partial charge in [0.15, 0.2) is 0 Å². The highest BCUT2D eigenvalue weighted by molar-refractivity contribution is 6.29. The van der Waals surface area contributed by atoms with E-state index in [1.807, 2.05) is 16.5 Å². The van der Waals surface area contributed by atoms with Gasteiger partial charge in [0, 0.05) is 0 Å². The Labute approximate surface area is 128 Å². The summed E-state index contributed by atoms with van der Waals surface area (Å²) in [6.07, 6.45) is 0.737. The van der Waals surface area contributed by atoms with Crippen LogP contribution in [0.15, 0.2) is 18.2 Å². The first-order chi connectivity index (χ1) is 9.81. The Balaban J connectivity index is 2.45. The number of carbonyl (C=O) groups is 1. The van der Waals surface area contributed by atoms with Crippen LogP contribution in [0.2, 0.25) is 5.15 Å². The SMILES string of the molecule is CC(C)(C)Cc1c(NCC(=O)NO)nc2cccc(Cl)n12.